The molecule has 0 saturated heterocycles. The molecule has 8 nitrogen and oxygen atoms in total. The van der Waals surface area contributed by atoms with Crippen molar-refractivity contribution in [1.82, 2.24) is 5.32 Å². The molecule has 0 aliphatic heterocycles. The van der Waals surface area contributed by atoms with Crippen LogP contribution >= 0.6 is 0 Å². The van der Waals surface area contributed by atoms with Gasteiger partial charge in [0.1, 0.15) is 17.8 Å². The van der Waals surface area contributed by atoms with Crippen LogP contribution in [0.15, 0.2) is 71.5 Å². The van der Waals surface area contributed by atoms with E-state index in [1.807, 2.05) is 5.32 Å². The number of carbonyl (C=O) groups excluding carboxylic acids is 1. The summed E-state index contributed by atoms with van der Waals surface area (Å²) in [5, 5.41) is 11.0. The highest BCUT2D eigenvalue weighted by Crippen LogP contribution is 2.14. The summed E-state index contributed by atoms with van der Waals surface area (Å²) in [6.07, 6.45) is -0.634. The number of rotatable bonds is 7. The summed E-state index contributed by atoms with van der Waals surface area (Å²) in [4.78, 5) is 22.8. The molecule has 142 valence electrons. The van der Waals surface area contributed by atoms with Crippen LogP contribution in [-0.2, 0) is 30.4 Å². The lowest BCUT2D eigenvalue weighted by Gasteiger charge is -2.08. The van der Waals surface area contributed by atoms with Crippen molar-refractivity contribution in [1.29, 1.82) is 0 Å². The van der Waals surface area contributed by atoms with E-state index < -0.39 is 27.9 Å². The predicted molar refractivity (Wildman–Crippen MR) is 94.9 cm³/mol. The lowest BCUT2D eigenvalue weighted by atomic mass is 10.2. The van der Waals surface area contributed by atoms with E-state index in [0.29, 0.717) is 11.8 Å². The molecule has 0 aliphatic rings. The Kier molecular flexibility index (Phi) is 6.56. The number of carboxylic acid groups (broad SMARTS) is 1. The maximum atomic E-state index is 12.1. The van der Waals surface area contributed by atoms with Crippen LogP contribution in [0.4, 0.5) is 4.79 Å². The summed E-state index contributed by atoms with van der Waals surface area (Å²) in [6, 6.07) is 14.5. The molecule has 0 radical (unpaired) electrons. The maximum absolute atomic E-state index is 12.1. The number of hydrogen-bond acceptors (Lipinski definition) is 6. The highest BCUT2D eigenvalue weighted by atomic mass is 32.2. The topological polar surface area (TPSA) is 119 Å². The van der Waals surface area contributed by atoms with Gasteiger partial charge < -0.3 is 14.0 Å². The van der Waals surface area contributed by atoms with Crippen molar-refractivity contribution < 1.29 is 32.0 Å². The van der Waals surface area contributed by atoms with Gasteiger partial charge in [-0.15, -0.1) is 0 Å². The highest BCUT2D eigenvalue weighted by molar-refractivity contribution is 7.86. The highest BCUT2D eigenvalue weighted by Gasteiger charge is 2.18. The third kappa shape index (κ3) is 6.15. The first-order chi connectivity index (χ1) is 12.8. The molecular formula is C18H17NO7S. The number of benzene rings is 2. The number of aliphatic carboxylic acids is 1. The summed E-state index contributed by atoms with van der Waals surface area (Å²) < 4.78 is 33.6. The lowest BCUT2D eigenvalue weighted by Crippen LogP contribution is -2.28. The Hall–Kier alpha value is -3.33. The summed E-state index contributed by atoms with van der Waals surface area (Å²) in [6.45, 7) is 1.70. The van der Waals surface area contributed by atoms with Crippen molar-refractivity contribution in [3.05, 3.63) is 77.7 Å². The van der Waals surface area contributed by atoms with Crippen LogP contribution in [0, 0.1) is 6.92 Å². The minimum atomic E-state index is -4.23. The minimum absolute atomic E-state index is 0.0813. The average molecular weight is 391 g/mol. The molecule has 0 fully saturated rings. The molecule has 0 aliphatic carbocycles. The number of alkyl carbamates (subject to hydrolysis) is 1. The molecule has 0 unspecified atom stereocenters. The van der Waals surface area contributed by atoms with Gasteiger partial charge >= 0.3 is 22.2 Å². The molecule has 1 amide bonds. The normalized spacial score (nSPS) is 11.5. The third-order valence-electron chi connectivity index (χ3n) is 3.28. The first kappa shape index (κ1) is 20.0. The van der Waals surface area contributed by atoms with Crippen LogP contribution in [0.2, 0.25) is 0 Å². The van der Waals surface area contributed by atoms with Crippen LogP contribution in [0.3, 0.4) is 0 Å². The molecule has 2 aromatic carbocycles. The van der Waals surface area contributed by atoms with Gasteiger partial charge in [0, 0.05) is 0 Å². The zero-order chi connectivity index (χ0) is 19.9. The van der Waals surface area contributed by atoms with Gasteiger partial charge in [-0.1, -0.05) is 48.0 Å². The molecule has 9 heteroatoms. The smallest absolute Gasteiger partial charge is 0.412 e. The Morgan fingerprint density at radius 2 is 1.70 bits per heavy atom. The lowest BCUT2D eigenvalue weighted by molar-refractivity contribution is -0.133. The van der Waals surface area contributed by atoms with Crippen LogP contribution in [-0.4, -0.2) is 25.6 Å². The molecule has 0 heterocycles. The molecule has 2 aromatic rings. The number of ether oxygens (including phenoxy) is 1. The quantitative estimate of drug-likeness (QED) is 0.423. The zero-order valence-electron chi connectivity index (χ0n) is 14.3. The first-order valence-electron chi connectivity index (χ1n) is 7.69. The van der Waals surface area contributed by atoms with Crippen LogP contribution in [0.1, 0.15) is 11.1 Å². The molecule has 0 saturated carbocycles. The minimum Gasteiger partial charge on any atom is -0.476 e. The molecule has 0 aromatic heterocycles. The number of carboxylic acids is 1. The van der Waals surface area contributed by atoms with Gasteiger partial charge in [0.2, 0.25) is 0 Å². The number of hydrogen-bond donors (Lipinski definition) is 2. The summed E-state index contributed by atoms with van der Waals surface area (Å²) in [5.74, 6) is -1.59. The summed E-state index contributed by atoms with van der Waals surface area (Å²) >= 11 is 0. The van der Waals surface area contributed by atoms with Gasteiger partial charge in [0.25, 0.3) is 0 Å². The number of aryl methyl sites for hydroxylation is 1. The Balaban J connectivity index is 2.02. The molecule has 27 heavy (non-hydrogen) atoms. The second-order valence-corrected chi connectivity index (χ2v) is 6.96. The second-order valence-electron chi connectivity index (χ2n) is 5.39. The van der Waals surface area contributed by atoms with Crippen molar-refractivity contribution in [3.8, 4) is 0 Å². The second kappa shape index (κ2) is 8.86. The van der Waals surface area contributed by atoms with E-state index in [1.54, 1.807) is 49.4 Å². The van der Waals surface area contributed by atoms with Crippen molar-refractivity contribution in [3.63, 3.8) is 0 Å². The largest absolute Gasteiger partial charge is 0.476 e. The Bertz CT molecular complexity index is 935. The fraction of sp³-hybridized carbons (Fsp3) is 0.111. The van der Waals surface area contributed by atoms with Gasteiger partial charge in [-0.05, 0) is 24.6 Å². The monoisotopic (exact) mass is 391 g/mol. The molecule has 2 N–H and O–H groups in total. The predicted octanol–water partition coefficient (Wildman–Crippen LogP) is 2.55. The summed E-state index contributed by atoms with van der Waals surface area (Å²) in [5.41, 5.74) is 0.758. The SMILES string of the molecule is Cc1ccc(S(=O)(=O)O/C=C(\NC(=O)OCc2ccccc2)C(=O)O)cc1. The first-order valence-corrected chi connectivity index (χ1v) is 9.10. The van der Waals surface area contributed by atoms with Gasteiger partial charge in [-0.2, -0.15) is 8.42 Å². The average Bonchev–Trinajstić information content (AvgIpc) is 2.64. The Labute approximate surface area is 156 Å². The van der Waals surface area contributed by atoms with Crippen molar-refractivity contribution >= 4 is 22.2 Å². The van der Waals surface area contributed by atoms with E-state index >= 15 is 0 Å². The van der Waals surface area contributed by atoms with E-state index in [9.17, 15) is 18.0 Å². The van der Waals surface area contributed by atoms with Gasteiger partial charge in [0.05, 0.1) is 0 Å². The van der Waals surface area contributed by atoms with Gasteiger partial charge in [0.15, 0.2) is 5.70 Å². The van der Waals surface area contributed by atoms with Crippen molar-refractivity contribution in [2.75, 3.05) is 0 Å². The van der Waals surface area contributed by atoms with E-state index in [1.165, 1.54) is 12.1 Å². The number of nitrogens with one attached hydrogen (secondary N) is 1. The van der Waals surface area contributed by atoms with E-state index in [0.717, 1.165) is 5.56 Å². The van der Waals surface area contributed by atoms with E-state index in [2.05, 4.69) is 4.18 Å². The molecule has 0 atom stereocenters. The standard InChI is InChI=1S/C18H17NO7S/c1-13-7-9-15(10-8-13)27(23,24)26-12-16(17(20)21)19-18(22)25-11-14-5-3-2-4-6-14/h2-10,12H,11H2,1H3,(H,19,22)(H,20,21)/b16-12-. The van der Waals surface area contributed by atoms with Crippen molar-refractivity contribution in [2.45, 2.75) is 18.4 Å². The number of carbonyl (C=O) groups is 2. The zero-order valence-corrected chi connectivity index (χ0v) is 15.1. The van der Waals surface area contributed by atoms with E-state index in [-0.39, 0.29) is 11.5 Å². The van der Waals surface area contributed by atoms with Crippen molar-refractivity contribution in [2.24, 2.45) is 0 Å². The van der Waals surface area contributed by atoms with Gasteiger partial charge in [-0.3, -0.25) is 5.32 Å². The molecule has 2 rings (SSSR count). The molecule has 0 bridgehead atoms. The van der Waals surface area contributed by atoms with Crippen LogP contribution < -0.4 is 5.32 Å². The molecular weight excluding hydrogens is 374 g/mol. The van der Waals surface area contributed by atoms with Crippen LogP contribution in [0.5, 0.6) is 0 Å². The van der Waals surface area contributed by atoms with Crippen LogP contribution in [0.25, 0.3) is 0 Å². The Morgan fingerprint density at radius 3 is 2.30 bits per heavy atom. The maximum Gasteiger partial charge on any atom is 0.412 e. The third-order valence-corrected chi connectivity index (χ3v) is 4.48. The van der Waals surface area contributed by atoms with Gasteiger partial charge in [-0.25, -0.2) is 9.59 Å². The Morgan fingerprint density at radius 1 is 1.07 bits per heavy atom. The summed E-state index contributed by atoms with van der Waals surface area (Å²) in [7, 11) is -4.23. The molecule has 0 spiro atoms. The fourth-order valence-corrected chi connectivity index (χ4v) is 2.68. The number of amides is 1. The van der Waals surface area contributed by atoms with E-state index in [4.69, 9.17) is 9.84 Å². The fourth-order valence-electron chi connectivity index (χ4n) is 1.87.